The van der Waals surface area contributed by atoms with Crippen molar-refractivity contribution in [2.45, 2.75) is 31.7 Å². The number of nitrogens with zero attached hydrogens (tertiary/aromatic N) is 1. The van der Waals surface area contributed by atoms with E-state index in [0.29, 0.717) is 24.5 Å². The van der Waals surface area contributed by atoms with Crippen LogP contribution in [0.25, 0.3) is 11.3 Å². The summed E-state index contributed by atoms with van der Waals surface area (Å²) >= 11 is 3.50. The summed E-state index contributed by atoms with van der Waals surface area (Å²) in [5.74, 6) is 1.36. The lowest BCUT2D eigenvalue weighted by molar-refractivity contribution is -0.121. The number of carbonyl (C=O) groups excluding carboxylic acids is 1. The Balaban J connectivity index is 0.00000156. The number of hydrogen-bond acceptors (Lipinski definition) is 4. The first kappa shape index (κ1) is 22.0. The highest BCUT2D eigenvalue weighted by atomic mass is 79.9. The molecule has 8 heteroatoms. The van der Waals surface area contributed by atoms with E-state index in [4.69, 9.17) is 4.42 Å². The molecule has 1 atom stereocenters. The molecule has 1 aromatic carbocycles. The molecule has 1 amide bonds. The zero-order chi connectivity index (χ0) is 16.1. The van der Waals surface area contributed by atoms with Crippen molar-refractivity contribution in [2.75, 3.05) is 13.1 Å². The van der Waals surface area contributed by atoms with Crippen molar-refractivity contribution in [2.24, 2.45) is 0 Å². The lowest BCUT2D eigenvalue weighted by Gasteiger charge is -2.23. The Morgan fingerprint density at radius 2 is 2.16 bits per heavy atom. The topological polar surface area (TPSA) is 67.2 Å². The van der Waals surface area contributed by atoms with Gasteiger partial charge in [0.25, 0.3) is 0 Å². The van der Waals surface area contributed by atoms with Crippen molar-refractivity contribution in [1.29, 1.82) is 0 Å². The van der Waals surface area contributed by atoms with Gasteiger partial charge in [0.05, 0.1) is 6.20 Å². The van der Waals surface area contributed by atoms with Gasteiger partial charge in [0.15, 0.2) is 11.7 Å². The second-order valence-corrected chi connectivity index (χ2v) is 6.56. The lowest BCUT2D eigenvalue weighted by atomic mass is 10.1. The van der Waals surface area contributed by atoms with Gasteiger partial charge in [-0.25, -0.2) is 4.98 Å². The molecule has 1 aliphatic heterocycles. The SMILES string of the molecule is Cl.Cl.O=C(CCc1ncc(-c2ccccc2Br)o1)NC1CCCNC1. The minimum Gasteiger partial charge on any atom is -0.441 e. The Morgan fingerprint density at radius 1 is 1.36 bits per heavy atom. The van der Waals surface area contributed by atoms with Gasteiger partial charge in [0.1, 0.15) is 0 Å². The minimum atomic E-state index is 0. The maximum Gasteiger partial charge on any atom is 0.220 e. The van der Waals surface area contributed by atoms with Gasteiger partial charge in [-0.15, -0.1) is 24.8 Å². The minimum absolute atomic E-state index is 0. The molecule has 25 heavy (non-hydrogen) atoms. The monoisotopic (exact) mass is 449 g/mol. The van der Waals surface area contributed by atoms with Crippen LogP contribution in [0.1, 0.15) is 25.2 Å². The number of nitrogens with one attached hydrogen (secondary N) is 2. The number of aromatic nitrogens is 1. The molecule has 1 aromatic heterocycles. The van der Waals surface area contributed by atoms with Crippen LogP contribution < -0.4 is 10.6 Å². The number of oxazole rings is 1. The fourth-order valence-corrected chi connectivity index (χ4v) is 3.19. The van der Waals surface area contributed by atoms with Crippen molar-refractivity contribution < 1.29 is 9.21 Å². The molecule has 1 unspecified atom stereocenters. The quantitative estimate of drug-likeness (QED) is 0.727. The third kappa shape index (κ3) is 6.29. The molecule has 1 saturated heterocycles. The third-order valence-corrected chi connectivity index (χ3v) is 4.61. The van der Waals surface area contributed by atoms with Gasteiger partial charge < -0.3 is 15.1 Å². The molecular weight excluding hydrogens is 429 g/mol. The predicted octanol–water partition coefficient (Wildman–Crippen LogP) is 3.75. The van der Waals surface area contributed by atoms with Crippen molar-refractivity contribution in [3.05, 3.63) is 40.8 Å². The van der Waals surface area contributed by atoms with Crippen LogP contribution in [0.4, 0.5) is 0 Å². The summed E-state index contributed by atoms with van der Waals surface area (Å²) in [4.78, 5) is 16.3. The molecule has 1 aliphatic rings. The summed E-state index contributed by atoms with van der Waals surface area (Å²) in [5.41, 5.74) is 0.962. The van der Waals surface area contributed by atoms with Crippen molar-refractivity contribution in [3.63, 3.8) is 0 Å². The zero-order valence-electron chi connectivity index (χ0n) is 13.7. The number of aryl methyl sites for hydroxylation is 1. The molecule has 2 N–H and O–H groups in total. The normalized spacial score (nSPS) is 16.4. The van der Waals surface area contributed by atoms with E-state index in [1.54, 1.807) is 6.20 Å². The molecule has 2 aromatic rings. The zero-order valence-corrected chi connectivity index (χ0v) is 16.9. The van der Waals surface area contributed by atoms with Crippen molar-refractivity contribution in [1.82, 2.24) is 15.6 Å². The van der Waals surface area contributed by atoms with E-state index in [1.165, 1.54) is 0 Å². The Kier molecular flexibility index (Phi) is 9.50. The van der Waals surface area contributed by atoms with E-state index >= 15 is 0 Å². The van der Waals surface area contributed by atoms with Crippen LogP contribution in [0.2, 0.25) is 0 Å². The lowest BCUT2D eigenvalue weighted by Crippen LogP contribution is -2.45. The fraction of sp³-hybridized carbons (Fsp3) is 0.412. The summed E-state index contributed by atoms with van der Waals surface area (Å²) in [6.07, 6.45) is 4.77. The molecule has 5 nitrogen and oxygen atoms in total. The predicted molar refractivity (Wildman–Crippen MR) is 106 cm³/mol. The van der Waals surface area contributed by atoms with E-state index in [9.17, 15) is 4.79 Å². The maximum absolute atomic E-state index is 12.0. The van der Waals surface area contributed by atoms with Gasteiger partial charge in [-0.3, -0.25) is 4.79 Å². The number of hydrogen-bond donors (Lipinski definition) is 2. The van der Waals surface area contributed by atoms with Crippen LogP contribution in [0, 0.1) is 0 Å². The Morgan fingerprint density at radius 3 is 2.88 bits per heavy atom. The van der Waals surface area contributed by atoms with Crippen molar-refractivity contribution >= 4 is 46.7 Å². The van der Waals surface area contributed by atoms with E-state index in [1.807, 2.05) is 24.3 Å². The highest BCUT2D eigenvalue weighted by Gasteiger charge is 2.16. The Labute approximate surface area is 168 Å². The maximum atomic E-state index is 12.0. The molecule has 0 aliphatic carbocycles. The number of amides is 1. The number of benzene rings is 1. The molecule has 138 valence electrons. The average Bonchev–Trinajstić information content (AvgIpc) is 3.03. The van der Waals surface area contributed by atoms with E-state index in [2.05, 4.69) is 31.5 Å². The van der Waals surface area contributed by atoms with Crippen LogP contribution in [-0.2, 0) is 11.2 Å². The highest BCUT2D eigenvalue weighted by Crippen LogP contribution is 2.28. The number of halogens is 3. The van der Waals surface area contributed by atoms with E-state index in [-0.39, 0.29) is 36.8 Å². The van der Waals surface area contributed by atoms with Gasteiger partial charge in [0.2, 0.25) is 5.91 Å². The van der Waals surface area contributed by atoms with E-state index < -0.39 is 0 Å². The molecule has 0 bridgehead atoms. The molecule has 2 heterocycles. The molecular formula is C17H22BrCl2N3O2. The Bertz CT molecular complexity index is 675. The number of piperidine rings is 1. The van der Waals surface area contributed by atoms with Crippen LogP contribution in [0.15, 0.2) is 39.4 Å². The second kappa shape index (κ2) is 10.8. The molecule has 0 saturated carbocycles. The first-order valence-electron chi connectivity index (χ1n) is 7.92. The standard InChI is InChI=1S/C17H20BrN3O2.2ClH/c18-14-6-2-1-5-13(14)15-11-20-17(23-15)8-7-16(22)21-12-4-3-9-19-10-12;;/h1-2,5-6,11-12,19H,3-4,7-10H2,(H,21,22);2*1H. The smallest absolute Gasteiger partial charge is 0.220 e. The van der Waals surface area contributed by atoms with Gasteiger partial charge in [-0.05, 0) is 25.5 Å². The first-order chi connectivity index (χ1) is 11.2. The fourth-order valence-electron chi connectivity index (χ4n) is 2.71. The second-order valence-electron chi connectivity index (χ2n) is 5.71. The number of carbonyl (C=O) groups is 1. The molecule has 1 fully saturated rings. The first-order valence-corrected chi connectivity index (χ1v) is 8.71. The van der Waals surface area contributed by atoms with Crippen molar-refractivity contribution in [3.8, 4) is 11.3 Å². The van der Waals surface area contributed by atoms with Gasteiger partial charge in [-0.1, -0.05) is 34.1 Å². The van der Waals surface area contributed by atoms with Gasteiger partial charge >= 0.3 is 0 Å². The van der Waals surface area contributed by atoms with Crippen LogP contribution in [0.3, 0.4) is 0 Å². The summed E-state index contributed by atoms with van der Waals surface area (Å²) in [6.45, 7) is 1.90. The molecule has 0 spiro atoms. The summed E-state index contributed by atoms with van der Waals surface area (Å²) in [7, 11) is 0. The van der Waals surface area contributed by atoms with Gasteiger partial charge in [0, 0.05) is 35.5 Å². The summed E-state index contributed by atoms with van der Waals surface area (Å²) in [5, 5.41) is 6.35. The average molecular weight is 451 g/mol. The summed E-state index contributed by atoms with van der Waals surface area (Å²) < 4.78 is 6.72. The van der Waals surface area contributed by atoms with E-state index in [0.717, 1.165) is 36.0 Å². The largest absolute Gasteiger partial charge is 0.441 e. The van der Waals surface area contributed by atoms with Crippen LogP contribution >= 0.6 is 40.7 Å². The number of rotatable bonds is 5. The van der Waals surface area contributed by atoms with Gasteiger partial charge in [-0.2, -0.15) is 0 Å². The summed E-state index contributed by atoms with van der Waals surface area (Å²) in [6, 6.07) is 8.08. The Hall–Kier alpha value is -1.08. The highest BCUT2D eigenvalue weighted by molar-refractivity contribution is 9.10. The third-order valence-electron chi connectivity index (χ3n) is 3.92. The van der Waals surface area contributed by atoms with Crippen LogP contribution in [-0.4, -0.2) is 30.0 Å². The van der Waals surface area contributed by atoms with Crippen LogP contribution in [0.5, 0.6) is 0 Å². The molecule has 0 radical (unpaired) electrons. The molecule has 3 rings (SSSR count).